The van der Waals surface area contributed by atoms with Crippen LogP contribution in [0.5, 0.6) is 0 Å². The number of hydrogen-bond donors (Lipinski definition) is 1. The van der Waals surface area contributed by atoms with Gasteiger partial charge in [0.25, 0.3) is 5.91 Å². The second kappa shape index (κ2) is 5.28. The Bertz CT molecular complexity index is 584. The molecule has 0 aliphatic heterocycles. The fourth-order valence-corrected chi connectivity index (χ4v) is 1.56. The number of carbonyl (C=O) groups excluding carboxylic acids is 1. The van der Waals surface area contributed by atoms with Gasteiger partial charge in [0.2, 0.25) is 0 Å². The van der Waals surface area contributed by atoms with Crippen molar-refractivity contribution in [2.75, 3.05) is 0 Å². The van der Waals surface area contributed by atoms with E-state index in [4.69, 9.17) is 23.2 Å². The summed E-state index contributed by atoms with van der Waals surface area (Å²) in [6.07, 6.45) is 1.54. The summed E-state index contributed by atoms with van der Waals surface area (Å²) in [4.78, 5) is 11.8. The number of aromatic nitrogens is 5. The summed E-state index contributed by atoms with van der Waals surface area (Å²) < 4.78 is 1.69. The first-order chi connectivity index (χ1) is 8.58. The van der Waals surface area contributed by atoms with Crippen LogP contribution in [0.1, 0.15) is 16.2 Å². The molecule has 0 aromatic carbocycles. The average molecular weight is 287 g/mol. The second-order valence-corrected chi connectivity index (χ2v) is 4.16. The lowest BCUT2D eigenvalue weighted by atomic mass is 10.3. The third-order valence-electron chi connectivity index (χ3n) is 2.18. The first-order valence-corrected chi connectivity index (χ1v) is 5.63. The van der Waals surface area contributed by atoms with E-state index in [0.29, 0.717) is 5.82 Å². The Hall–Kier alpha value is -1.73. The summed E-state index contributed by atoms with van der Waals surface area (Å²) in [5, 5.41) is 17.3. The molecule has 2 rings (SSSR count). The summed E-state index contributed by atoms with van der Waals surface area (Å²) in [5.41, 5.74) is 0.166. The van der Waals surface area contributed by atoms with E-state index in [1.54, 1.807) is 17.9 Å². The van der Waals surface area contributed by atoms with Crippen molar-refractivity contribution in [2.24, 2.45) is 7.05 Å². The van der Waals surface area contributed by atoms with Gasteiger partial charge in [0.05, 0.1) is 12.1 Å². The molecule has 0 unspecified atom stereocenters. The van der Waals surface area contributed by atoms with Gasteiger partial charge in [-0.1, -0.05) is 23.2 Å². The van der Waals surface area contributed by atoms with Crippen LogP contribution in [0.15, 0.2) is 12.4 Å². The molecule has 18 heavy (non-hydrogen) atoms. The minimum atomic E-state index is -0.403. The molecule has 0 radical (unpaired) electrons. The van der Waals surface area contributed by atoms with E-state index >= 15 is 0 Å². The maximum Gasteiger partial charge on any atom is 0.254 e. The summed E-state index contributed by atoms with van der Waals surface area (Å²) >= 11 is 11.4. The van der Waals surface area contributed by atoms with E-state index in [9.17, 15) is 4.79 Å². The minimum absolute atomic E-state index is 0.00475. The van der Waals surface area contributed by atoms with E-state index in [1.807, 2.05) is 0 Å². The highest BCUT2D eigenvalue weighted by molar-refractivity contribution is 6.34. The molecule has 1 N–H and O–H groups in total. The number of aryl methyl sites for hydroxylation is 1. The SMILES string of the molecule is Cn1cnnc1CNC(=O)c1cc(Cl)nnc1Cl. The van der Waals surface area contributed by atoms with Gasteiger partial charge < -0.3 is 9.88 Å². The van der Waals surface area contributed by atoms with Gasteiger partial charge in [0.1, 0.15) is 6.33 Å². The van der Waals surface area contributed by atoms with Crippen LogP contribution in [-0.2, 0) is 13.6 Å². The van der Waals surface area contributed by atoms with Crippen LogP contribution in [0.3, 0.4) is 0 Å². The Labute approximate surface area is 112 Å². The van der Waals surface area contributed by atoms with E-state index in [2.05, 4.69) is 25.7 Å². The zero-order valence-corrected chi connectivity index (χ0v) is 10.8. The minimum Gasteiger partial charge on any atom is -0.345 e. The molecule has 0 saturated heterocycles. The Kier molecular flexibility index (Phi) is 3.73. The number of carbonyl (C=O) groups is 1. The number of rotatable bonds is 3. The molecule has 2 aromatic rings. The number of nitrogens with one attached hydrogen (secondary N) is 1. The van der Waals surface area contributed by atoms with Gasteiger partial charge >= 0.3 is 0 Å². The van der Waals surface area contributed by atoms with Gasteiger partial charge in [-0.25, -0.2) is 0 Å². The third-order valence-corrected chi connectivity index (χ3v) is 2.64. The lowest BCUT2D eigenvalue weighted by molar-refractivity contribution is 0.0949. The number of halogens is 2. The maximum absolute atomic E-state index is 11.8. The molecule has 0 bridgehead atoms. The van der Waals surface area contributed by atoms with Crippen molar-refractivity contribution in [3.05, 3.63) is 34.1 Å². The lowest BCUT2D eigenvalue weighted by Gasteiger charge is -2.05. The van der Waals surface area contributed by atoms with Crippen LogP contribution in [0.25, 0.3) is 0 Å². The van der Waals surface area contributed by atoms with Gasteiger partial charge in [0, 0.05) is 7.05 Å². The van der Waals surface area contributed by atoms with Crippen molar-refractivity contribution >= 4 is 29.1 Å². The van der Waals surface area contributed by atoms with Crippen molar-refractivity contribution < 1.29 is 4.79 Å². The molecule has 0 saturated carbocycles. The highest BCUT2D eigenvalue weighted by Crippen LogP contribution is 2.15. The summed E-state index contributed by atoms with van der Waals surface area (Å²) in [6.45, 7) is 0.228. The van der Waals surface area contributed by atoms with Crippen LogP contribution in [-0.4, -0.2) is 30.9 Å². The molecule has 0 aliphatic carbocycles. The summed E-state index contributed by atoms with van der Waals surface area (Å²) in [7, 11) is 1.78. The largest absolute Gasteiger partial charge is 0.345 e. The summed E-state index contributed by atoms with van der Waals surface area (Å²) in [6, 6.07) is 1.35. The Morgan fingerprint density at radius 2 is 2.17 bits per heavy atom. The monoisotopic (exact) mass is 286 g/mol. The molecule has 1 amide bonds. The average Bonchev–Trinajstić information content (AvgIpc) is 2.75. The molecular formula is C9H8Cl2N6O. The van der Waals surface area contributed by atoms with Gasteiger partial charge in [-0.15, -0.1) is 20.4 Å². The zero-order valence-electron chi connectivity index (χ0n) is 9.26. The van der Waals surface area contributed by atoms with Crippen LogP contribution in [0, 0.1) is 0 Å². The first-order valence-electron chi connectivity index (χ1n) is 4.87. The molecule has 7 nitrogen and oxygen atoms in total. The van der Waals surface area contributed by atoms with Crippen molar-refractivity contribution in [1.82, 2.24) is 30.3 Å². The highest BCUT2D eigenvalue weighted by atomic mass is 35.5. The molecule has 9 heteroatoms. The van der Waals surface area contributed by atoms with Crippen LogP contribution in [0.4, 0.5) is 0 Å². The zero-order chi connectivity index (χ0) is 13.1. The normalized spacial score (nSPS) is 10.4. The predicted octanol–water partition coefficient (Wildman–Crippen LogP) is 0.842. The van der Waals surface area contributed by atoms with E-state index < -0.39 is 5.91 Å². The fourth-order valence-electron chi connectivity index (χ4n) is 1.23. The van der Waals surface area contributed by atoms with E-state index in [1.165, 1.54) is 6.07 Å². The predicted molar refractivity (Wildman–Crippen MR) is 64.2 cm³/mol. The third kappa shape index (κ3) is 2.74. The smallest absolute Gasteiger partial charge is 0.254 e. The molecule has 0 atom stereocenters. The van der Waals surface area contributed by atoms with Gasteiger partial charge in [-0.3, -0.25) is 4.79 Å². The number of nitrogens with zero attached hydrogens (tertiary/aromatic N) is 5. The topological polar surface area (TPSA) is 85.6 Å². The second-order valence-electron chi connectivity index (χ2n) is 3.41. The quantitative estimate of drug-likeness (QED) is 0.904. The number of amides is 1. The lowest BCUT2D eigenvalue weighted by Crippen LogP contribution is -2.25. The van der Waals surface area contributed by atoms with Crippen molar-refractivity contribution in [2.45, 2.75) is 6.54 Å². The van der Waals surface area contributed by atoms with Gasteiger partial charge in [0.15, 0.2) is 16.1 Å². The van der Waals surface area contributed by atoms with Crippen molar-refractivity contribution in [3.63, 3.8) is 0 Å². The van der Waals surface area contributed by atoms with Gasteiger partial charge in [-0.05, 0) is 6.07 Å². The fraction of sp³-hybridized carbons (Fsp3) is 0.222. The van der Waals surface area contributed by atoms with Crippen LogP contribution < -0.4 is 5.32 Å². The van der Waals surface area contributed by atoms with E-state index in [0.717, 1.165) is 0 Å². The molecule has 0 aliphatic rings. The molecule has 2 aromatic heterocycles. The summed E-state index contributed by atoms with van der Waals surface area (Å²) in [5.74, 6) is 0.215. The number of hydrogen-bond acceptors (Lipinski definition) is 5. The molecule has 0 fully saturated rings. The molecule has 2 heterocycles. The Morgan fingerprint density at radius 3 is 2.83 bits per heavy atom. The van der Waals surface area contributed by atoms with Crippen LogP contribution in [0.2, 0.25) is 10.3 Å². The van der Waals surface area contributed by atoms with Crippen molar-refractivity contribution in [3.8, 4) is 0 Å². The maximum atomic E-state index is 11.8. The van der Waals surface area contributed by atoms with E-state index in [-0.39, 0.29) is 22.4 Å². The molecule has 0 spiro atoms. The highest BCUT2D eigenvalue weighted by Gasteiger charge is 2.13. The van der Waals surface area contributed by atoms with Gasteiger partial charge in [-0.2, -0.15) is 0 Å². The van der Waals surface area contributed by atoms with Crippen LogP contribution >= 0.6 is 23.2 Å². The Morgan fingerprint density at radius 1 is 1.39 bits per heavy atom. The standard InChI is InChI=1S/C9H8Cl2N6O/c1-17-4-13-15-7(17)3-12-9(18)5-2-6(10)14-16-8(5)11/h2,4H,3H2,1H3,(H,12,18). The first kappa shape index (κ1) is 12.7. The Balaban J connectivity index is 2.08. The molecular weight excluding hydrogens is 279 g/mol. The molecule has 94 valence electrons. The van der Waals surface area contributed by atoms with Crippen molar-refractivity contribution in [1.29, 1.82) is 0 Å².